The van der Waals surface area contributed by atoms with E-state index in [1.165, 1.54) is 12.8 Å². The Bertz CT molecular complexity index is 193. The zero-order chi connectivity index (χ0) is 9.47. The zero-order valence-corrected chi connectivity index (χ0v) is 8.37. The third kappa shape index (κ3) is 2.03. The van der Waals surface area contributed by atoms with Crippen molar-refractivity contribution in [2.45, 2.75) is 37.3 Å². The first kappa shape index (κ1) is 9.44. The number of rotatable bonds is 3. The molecule has 1 heterocycles. The molecule has 0 aromatic heterocycles. The lowest BCUT2D eigenvalue weighted by Gasteiger charge is -2.29. The molecule has 1 aliphatic carbocycles. The average Bonchev–Trinajstić information content (AvgIpc) is 2.79. The van der Waals surface area contributed by atoms with Gasteiger partial charge in [0.25, 0.3) is 0 Å². The van der Waals surface area contributed by atoms with Crippen LogP contribution in [0.4, 0.5) is 0 Å². The lowest BCUT2D eigenvalue weighted by atomic mass is 9.90. The first-order valence-corrected chi connectivity index (χ1v) is 5.27. The molecule has 1 saturated heterocycles. The minimum absolute atomic E-state index is 0.00931. The molecule has 2 unspecified atom stereocenters. The molecule has 0 amide bonds. The molecule has 0 aromatic carbocycles. The van der Waals surface area contributed by atoms with Gasteiger partial charge in [-0.05, 0) is 25.8 Å². The van der Waals surface area contributed by atoms with Gasteiger partial charge in [-0.1, -0.05) is 12.8 Å². The van der Waals surface area contributed by atoms with E-state index in [9.17, 15) is 5.11 Å². The van der Waals surface area contributed by atoms with Gasteiger partial charge >= 0.3 is 0 Å². The summed E-state index contributed by atoms with van der Waals surface area (Å²) in [5.74, 6) is 0.810. The molecule has 0 spiro atoms. The quantitative estimate of drug-likeness (QED) is 0.658. The number of likely N-dealkylation sites (tertiary alicyclic amines) is 1. The van der Waals surface area contributed by atoms with Crippen molar-refractivity contribution in [2.75, 3.05) is 20.1 Å². The third-order valence-electron chi connectivity index (χ3n) is 3.44. The molecule has 76 valence electrons. The summed E-state index contributed by atoms with van der Waals surface area (Å²) in [7, 11) is 2.04. The van der Waals surface area contributed by atoms with Crippen molar-refractivity contribution in [3.63, 3.8) is 0 Å². The predicted octanol–water partition coefficient (Wildman–Crippen LogP) is 0.180. The molecule has 3 nitrogen and oxygen atoms in total. The van der Waals surface area contributed by atoms with Crippen LogP contribution in [0, 0.1) is 5.92 Å². The average molecular weight is 184 g/mol. The Morgan fingerprint density at radius 1 is 1.62 bits per heavy atom. The Morgan fingerprint density at radius 3 is 2.77 bits per heavy atom. The van der Waals surface area contributed by atoms with E-state index < -0.39 is 5.60 Å². The van der Waals surface area contributed by atoms with Crippen molar-refractivity contribution in [2.24, 2.45) is 11.7 Å². The van der Waals surface area contributed by atoms with E-state index in [0.717, 1.165) is 31.8 Å². The van der Waals surface area contributed by atoms with Crippen LogP contribution in [0.2, 0.25) is 0 Å². The van der Waals surface area contributed by atoms with Gasteiger partial charge in [-0.15, -0.1) is 0 Å². The minimum Gasteiger partial charge on any atom is -0.387 e. The standard InChI is InChI=1S/C10H20N2O/c1-12-5-4-10(13,7-12)9(11)6-8-2-3-8/h8-9,13H,2-7,11H2,1H3. The Morgan fingerprint density at radius 2 is 2.31 bits per heavy atom. The van der Waals surface area contributed by atoms with Crippen molar-refractivity contribution in [1.82, 2.24) is 4.90 Å². The van der Waals surface area contributed by atoms with Crippen LogP contribution in [0.5, 0.6) is 0 Å². The molecular weight excluding hydrogens is 164 g/mol. The van der Waals surface area contributed by atoms with Crippen molar-refractivity contribution >= 4 is 0 Å². The van der Waals surface area contributed by atoms with Crippen LogP contribution in [0.3, 0.4) is 0 Å². The number of nitrogens with zero attached hydrogens (tertiary/aromatic N) is 1. The molecule has 2 fully saturated rings. The van der Waals surface area contributed by atoms with Gasteiger partial charge in [-0.25, -0.2) is 0 Å². The van der Waals surface area contributed by atoms with E-state index in [1.807, 2.05) is 7.05 Å². The van der Waals surface area contributed by atoms with E-state index in [2.05, 4.69) is 4.90 Å². The largest absolute Gasteiger partial charge is 0.387 e. The maximum absolute atomic E-state index is 10.2. The van der Waals surface area contributed by atoms with Crippen molar-refractivity contribution in [3.8, 4) is 0 Å². The Hall–Kier alpha value is -0.120. The Labute approximate surface area is 79.9 Å². The lowest BCUT2D eigenvalue weighted by Crippen LogP contribution is -2.49. The van der Waals surface area contributed by atoms with Crippen LogP contribution < -0.4 is 5.73 Å². The zero-order valence-electron chi connectivity index (χ0n) is 8.37. The van der Waals surface area contributed by atoms with E-state index >= 15 is 0 Å². The van der Waals surface area contributed by atoms with Gasteiger partial charge < -0.3 is 15.7 Å². The summed E-state index contributed by atoms with van der Waals surface area (Å²) in [5.41, 5.74) is 5.44. The third-order valence-corrected chi connectivity index (χ3v) is 3.44. The molecule has 2 aliphatic rings. The normalized spacial score (nSPS) is 38.1. The second-order valence-electron chi connectivity index (χ2n) is 4.88. The molecule has 2 atom stereocenters. The number of aliphatic hydroxyl groups is 1. The highest BCUT2D eigenvalue weighted by molar-refractivity contribution is 4.98. The first-order chi connectivity index (χ1) is 6.10. The fraction of sp³-hybridized carbons (Fsp3) is 1.00. The van der Waals surface area contributed by atoms with E-state index in [0.29, 0.717) is 0 Å². The highest BCUT2D eigenvalue weighted by Crippen LogP contribution is 2.36. The molecule has 2 rings (SSSR count). The van der Waals surface area contributed by atoms with E-state index in [4.69, 9.17) is 5.73 Å². The van der Waals surface area contributed by atoms with Gasteiger partial charge in [-0.3, -0.25) is 0 Å². The summed E-state index contributed by atoms with van der Waals surface area (Å²) in [5, 5.41) is 10.2. The molecule has 3 N–H and O–H groups in total. The summed E-state index contributed by atoms with van der Waals surface area (Å²) < 4.78 is 0. The maximum Gasteiger partial charge on any atom is 0.0936 e. The molecular formula is C10H20N2O. The second kappa shape index (κ2) is 3.23. The Kier molecular flexibility index (Phi) is 2.34. The first-order valence-electron chi connectivity index (χ1n) is 5.27. The van der Waals surface area contributed by atoms with Crippen LogP contribution in [0.1, 0.15) is 25.7 Å². The fourth-order valence-electron chi connectivity index (χ4n) is 2.24. The maximum atomic E-state index is 10.2. The Balaban J connectivity index is 1.89. The molecule has 0 bridgehead atoms. The molecule has 0 aromatic rings. The van der Waals surface area contributed by atoms with Gasteiger partial charge in [0, 0.05) is 19.1 Å². The molecule has 1 aliphatic heterocycles. The van der Waals surface area contributed by atoms with Crippen molar-refractivity contribution in [3.05, 3.63) is 0 Å². The van der Waals surface area contributed by atoms with Crippen LogP contribution in [-0.2, 0) is 0 Å². The van der Waals surface area contributed by atoms with Gasteiger partial charge in [-0.2, -0.15) is 0 Å². The van der Waals surface area contributed by atoms with Crippen LogP contribution >= 0.6 is 0 Å². The molecule has 3 heteroatoms. The van der Waals surface area contributed by atoms with Gasteiger partial charge in [0.05, 0.1) is 5.60 Å². The summed E-state index contributed by atoms with van der Waals surface area (Å²) in [6.45, 7) is 1.73. The van der Waals surface area contributed by atoms with Gasteiger partial charge in [0.2, 0.25) is 0 Å². The summed E-state index contributed by atoms with van der Waals surface area (Å²) in [6, 6.07) is -0.00931. The monoisotopic (exact) mass is 184 g/mol. The second-order valence-corrected chi connectivity index (χ2v) is 4.88. The predicted molar refractivity (Wildman–Crippen MR) is 52.4 cm³/mol. The van der Waals surface area contributed by atoms with Crippen LogP contribution in [-0.4, -0.2) is 41.8 Å². The number of likely N-dealkylation sites (N-methyl/N-ethyl adjacent to an activating group) is 1. The number of nitrogens with two attached hydrogens (primary N) is 1. The smallest absolute Gasteiger partial charge is 0.0936 e. The highest BCUT2D eigenvalue weighted by atomic mass is 16.3. The van der Waals surface area contributed by atoms with Crippen molar-refractivity contribution in [1.29, 1.82) is 0 Å². The molecule has 0 radical (unpaired) electrons. The summed E-state index contributed by atoms with van der Waals surface area (Å²) in [6.07, 6.45) is 4.50. The SMILES string of the molecule is CN1CCC(O)(C(N)CC2CC2)C1. The van der Waals surface area contributed by atoms with Gasteiger partial charge in [0.15, 0.2) is 0 Å². The number of β-amino-alcohol motifs (C(OH)–C–C–N with tert-alkyl or cyclic N) is 1. The topological polar surface area (TPSA) is 49.5 Å². The lowest BCUT2D eigenvalue weighted by molar-refractivity contribution is 0.0212. The van der Waals surface area contributed by atoms with Crippen molar-refractivity contribution < 1.29 is 5.11 Å². The fourth-order valence-corrected chi connectivity index (χ4v) is 2.24. The minimum atomic E-state index is -0.600. The van der Waals surface area contributed by atoms with Crippen LogP contribution in [0.25, 0.3) is 0 Å². The van der Waals surface area contributed by atoms with E-state index in [-0.39, 0.29) is 6.04 Å². The highest BCUT2D eigenvalue weighted by Gasteiger charge is 2.41. The summed E-state index contributed by atoms with van der Waals surface area (Å²) in [4.78, 5) is 2.16. The molecule has 13 heavy (non-hydrogen) atoms. The number of hydrogen-bond donors (Lipinski definition) is 2. The number of hydrogen-bond acceptors (Lipinski definition) is 3. The molecule has 1 saturated carbocycles. The van der Waals surface area contributed by atoms with Gasteiger partial charge in [0.1, 0.15) is 0 Å². The summed E-state index contributed by atoms with van der Waals surface area (Å²) >= 11 is 0. The van der Waals surface area contributed by atoms with Crippen LogP contribution in [0.15, 0.2) is 0 Å². The van der Waals surface area contributed by atoms with E-state index in [1.54, 1.807) is 0 Å².